The molecule has 1 fully saturated rings. The Morgan fingerprint density at radius 2 is 2.39 bits per heavy atom. The fourth-order valence-corrected chi connectivity index (χ4v) is 2.01. The van der Waals surface area contributed by atoms with Crippen molar-refractivity contribution < 1.29 is 4.79 Å². The third-order valence-corrected chi connectivity index (χ3v) is 3.15. The standard InChI is InChI=1S/C12H18N4O2/c1-3-4-8-7-9(8)14-12(18)15-10-11(17)16(2)6-5-13-10/h5-6,8-9H,3-4,7H2,1-2H3,(H2,13,14,15,18)/t8-,9-/m1/s1. The van der Waals surface area contributed by atoms with Gasteiger partial charge in [-0.1, -0.05) is 13.3 Å². The second-order valence-corrected chi connectivity index (χ2v) is 4.68. The summed E-state index contributed by atoms with van der Waals surface area (Å²) in [5.74, 6) is 0.650. The van der Waals surface area contributed by atoms with Crippen molar-refractivity contribution in [1.29, 1.82) is 0 Å². The molecule has 6 heteroatoms. The molecule has 6 nitrogen and oxygen atoms in total. The number of rotatable bonds is 4. The fraction of sp³-hybridized carbons (Fsp3) is 0.583. The number of hydrogen-bond acceptors (Lipinski definition) is 3. The van der Waals surface area contributed by atoms with Crippen molar-refractivity contribution in [3.63, 3.8) is 0 Å². The maximum atomic E-state index is 11.7. The fourth-order valence-electron chi connectivity index (χ4n) is 2.01. The molecule has 1 aromatic heterocycles. The summed E-state index contributed by atoms with van der Waals surface area (Å²) in [6.07, 6.45) is 6.32. The Balaban J connectivity index is 1.88. The zero-order valence-electron chi connectivity index (χ0n) is 10.6. The van der Waals surface area contributed by atoms with Gasteiger partial charge in [-0.05, 0) is 18.8 Å². The summed E-state index contributed by atoms with van der Waals surface area (Å²) in [6, 6.07) is -0.105. The maximum absolute atomic E-state index is 11.7. The minimum Gasteiger partial charge on any atom is -0.335 e. The molecule has 0 unspecified atom stereocenters. The summed E-state index contributed by atoms with van der Waals surface area (Å²) in [5.41, 5.74) is -0.312. The Bertz CT molecular complexity index is 497. The van der Waals surface area contributed by atoms with Crippen molar-refractivity contribution >= 4 is 11.8 Å². The first kappa shape index (κ1) is 12.6. The lowest BCUT2D eigenvalue weighted by molar-refractivity contribution is 0.251. The molecule has 2 atom stereocenters. The minimum absolute atomic E-state index is 0.0604. The topological polar surface area (TPSA) is 76.0 Å². The van der Waals surface area contributed by atoms with E-state index in [1.54, 1.807) is 13.2 Å². The van der Waals surface area contributed by atoms with Gasteiger partial charge in [0.25, 0.3) is 5.56 Å². The van der Waals surface area contributed by atoms with E-state index in [0.717, 1.165) is 19.3 Å². The Hall–Kier alpha value is -1.85. The van der Waals surface area contributed by atoms with Crippen molar-refractivity contribution in [3.05, 3.63) is 22.7 Å². The molecule has 1 saturated carbocycles. The van der Waals surface area contributed by atoms with Crippen LogP contribution in [0.4, 0.5) is 10.6 Å². The Morgan fingerprint density at radius 3 is 3.11 bits per heavy atom. The number of aromatic nitrogens is 2. The second-order valence-electron chi connectivity index (χ2n) is 4.68. The van der Waals surface area contributed by atoms with Crippen LogP contribution >= 0.6 is 0 Å². The van der Waals surface area contributed by atoms with Gasteiger partial charge < -0.3 is 9.88 Å². The lowest BCUT2D eigenvalue weighted by Gasteiger charge is -2.06. The molecule has 0 aromatic carbocycles. The van der Waals surface area contributed by atoms with Crippen molar-refractivity contribution in [2.24, 2.45) is 13.0 Å². The number of anilines is 1. The number of nitrogens with one attached hydrogen (secondary N) is 2. The number of aryl methyl sites for hydroxylation is 1. The summed E-state index contributed by atoms with van der Waals surface area (Å²) in [4.78, 5) is 27.2. The van der Waals surface area contributed by atoms with E-state index in [4.69, 9.17) is 0 Å². The van der Waals surface area contributed by atoms with Gasteiger partial charge in [-0.25, -0.2) is 9.78 Å². The number of amides is 2. The second kappa shape index (κ2) is 5.20. The third-order valence-electron chi connectivity index (χ3n) is 3.15. The van der Waals surface area contributed by atoms with Crippen molar-refractivity contribution in [2.75, 3.05) is 5.32 Å². The van der Waals surface area contributed by atoms with Gasteiger partial charge in [-0.15, -0.1) is 0 Å². The van der Waals surface area contributed by atoms with Crippen molar-refractivity contribution in [2.45, 2.75) is 32.2 Å². The van der Waals surface area contributed by atoms with E-state index < -0.39 is 0 Å². The van der Waals surface area contributed by atoms with Gasteiger partial charge in [0.05, 0.1) is 0 Å². The van der Waals surface area contributed by atoms with Crippen LogP contribution in [0, 0.1) is 5.92 Å². The zero-order chi connectivity index (χ0) is 13.1. The number of carbonyl (C=O) groups excluding carboxylic acids is 1. The summed E-state index contributed by atoms with van der Waals surface area (Å²) in [6.45, 7) is 2.13. The molecule has 0 saturated heterocycles. The third kappa shape index (κ3) is 2.88. The summed E-state index contributed by atoms with van der Waals surface area (Å²) in [7, 11) is 1.62. The predicted molar refractivity (Wildman–Crippen MR) is 68.4 cm³/mol. The average molecular weight is 250 g/mol. The lowest BCUT2D eigenvalue weighted by Crippen LogP contribution is -2.34. The molecule has 1 aliphatic carbocycles. The largest absolute Gasteiger partial charge is 0.335 e. The molecule has 1 aliphatic rings. The molecule has 2 amide bonds. The van der Waals surface area contributed by atoms with Crippen LogP contribution in [0.3, 0.4) is 0 Å². The summed E-state index contributed by atoms with van der Waals surface area (Å²) in [5, 5.41) is 5.34. The van der Waals surface area contributed by atoms with Crippen LogP contribution in [-0.4, -0.2) is 21.6 Å². The van der Waals surface area contributed by atoms with Crippen LogP contribution in [0.5, 0.6) is 0 Å². The van der Waals surface area contributed by atoms with E-state index in [1.165, 1.54) is 10.8 Å². The number of hydrogen-bond donors (Lipinski definition) is 2. The normalized spacial score (nSPS) is 21.4. The molecular formula is C12H18N4O2. The molecular weight excluding hydrogens is 232 g/mol. The molecule has 0 aliphatic heterocycles. The molecule has 1 heterocycles. The number of carbonyl (C=O) groups is 1. The highest BCUT2D eigenvalue weighted by atomic mass is 16.2. The van der Waals surface area contributed by atoms with E-state index in [-0.39, 0.29) is 23.5 Å². The highest BCUT2D eigenvalue weighted by molar-refractivity contribution is 5.88. The van der Waals surface area contributed by atoms with Gasteiger partial charge in [-0.2, -0.15) is 0 Å². The molecule has 1 aromatic rings. The van der Waals surface area contributed by atoms with Gasteiger partial charge in [0.1, 0.15) is 0 Å². The van der Waals surface area contributed by atoms with Gasteiger partial charge in [0, 0.05) is 25.5 Å². The van der Waals surface area contributed by atoms with E-state index in [0.29, 0.717) is 5.92 Å². The van der Waals surface area contributed by atoms with Crippen LogP contribution in [0.25, 0.3) is 0 Å². The van der Waals surface area contributed by atoms with Crippen molar-refractivity contribution in [3.8, 4) is 0 Å². The van der Waals surface area contributed by atoms with E-state index in [1.807, 2.05) is 0 Å². The molecule has 2 N–H and O–H groups in total. The average Bonchev–Trinajstić information content (AvgIpc) is 3.03. The number of nitrogens with zero attached hydrogens (tertiary/aromatic N) is 2. The van der Waals surface area contributed by atoms with Crippen LogP contribution < -0.4 is 16.2 Å². The van der Waals surface area contributed by atoms with Gasteiger partial charge in [0.2, 0.25) is 5.82 Å². The maximum Gasteiger partial charge on any atom is 0.320 e. The summed E-state index contributed by atoms with van der Waals surface area (Å²) >= 11 is 0. The van der Waals surface area contributed by atoms with Crippen LogP contribution in [0.2, 0.25) is 0 Å². The van der Waals surface area contributed by atoms with E-state index in [2.05, 4.69) is 22.5 Å². The van der Waals surface area contributed by atoms with Crippen LogP contribution in [0.1, 0.15) is 26.2 Å². The first-order valence-electron chi connectivity index (χ1n) is 6.21. The highest BCUT2D eigenvalue weighted by Crippen LogP contribution is 2.34. The van der Waals surface area contributed by atoms with Crippen molar-refractivity contribution in [1.82, 2.24) is 14.9 Å². The smallest absolute Gasteiger partial charge is 0.320 e. The summed E-state index contributed by atoms with van der Waals surface area (Å²) < 4.78 is 1.37. The number of urea groups is 1. The van der Waals surface area contributed by atoms with Gasteiger partial charge in [0.15, 0.2) is 0 Å². The lowest BCUT2D eigenvalue weighted by atomic mass is 10.2. The predicted octanol–water partition coefficient (Wildman–Crippen LogP) is 1.09. The monoisotopic (exact) mass is 250 g/mol. The Kier molecular flexibility index (Phi) is 3.64. The van der Waals surface area contributed by atoms with Gasteiger partial charge in [-0.3, -0.25) is 10.1 Å². The molecule has 98 valence electrons. The Labute approximate surface area is 105 Å². The molecule has 0 radical (unpaired) electrons. The molecule has 0 bridgehead atoms. The van der Waals surface area contributed by atoms with E-state index in [9.17, 15) is 9.59 Å². The molecule has 0 spiro atoms. The minimum atomic E-state index is -0.352. The highest BCUT2D eigenvalue weighted by Gasteiger charge is 2.37. The quantitative estimate of drug-likeness (QED) is 0.839. The SMILES string of the molecule is CCC[C@@H]1C[C@H]1NC(=O)Nc1nccn(C)c1=O. The van der Waals surface area contributed by atoms with Crippen LogP contribution in [-0.2, 0) is 7.05 Å². The zero-order valence-corrected chi connectivity index (χ0v) is 10.6. The Morgan fingerprint density at radius 1 is 1.61 bits per heavy atom. The molecule has 18 heavy (non-hydrogen) atoms. The first-order chi connectivity index (χ1) is 8.61. The molecule has 2 rings (SSSR count). The first-order valence-corrected chi connectivity index (χ1v) is 6.21. The van der Waals surface area contributed by atoms with Crippen LogP contribution in [0.15, 0.2) is 17.2 Å². The van der Waals surface area contributed by atoms with E-state index >= 15 is 0 Å². The van der Waals surface area contributed by atoms with Gasteiger partial charge >= 0.3 is 6.03 Å².